The Morgan fingerprint density at radius 3 is 2.02 bits per heavy atom. The van der Waals surface area contributed by atoms with Crippen molar-refractivity contribution < 1.29 is 28.3 Å². The van der Waals surface area contributed by atoms with Gasteiger partial charge < -0.3 is 24.5 Å². The lowest BCUT2D eigenvalue weighted by Gasteiger charge is -2.26. The van der Waals surface area contributed by atoms with Gasteiger partial charge >= 0.3 is 17.6 Å². The molecule has 4 N–H and O–H groups in total. The number of ether oxygens (including phenoxy) is 3. The predicted molar refractivity (Wildman–Crippen MR) is 157 cm³/mol. The molecule has 4 rings (SSSR count). The fraction of sp³-hybridized carbons (Fsp3) is 0.379. The molecule has 0 amide bonds. The molecule has 0 aliphatic carbocycles. The van der Waals surface area contributed by atoms with Crippen molar-refractivity contribution in [3.63, 3.8) is 0 Å². The van der Waals surface area contributed by atoms with Crippen LogP contribution in [0.4, 0.5) is 5.82 Å². The molecule has 0 radical (unpaired) electrons. The van der Waals surface area contributed by atoms with Gasteiger partial charge in [-0.25, -0.2) is 15.0 Å². The SMILES string of the molecule is CC(NP(N[C@@H](C)C(=O)OCc1ccccc1)OCC1CCC(n2ccc(N)nc2=O)O1)C(=O)OCc1ccccc1. The van der Waals surface area contributed by atoms with Crippen molar-refractivity contribution in [2.24, 2.45) is 0 Å². The van der Waals surface area contributed by atoms with Crippen molar-refractivity contribution in [3.8, 4) is 0 Å². The van der Waals surface area contributed by atoms with Crippen LogP contribution in [0.25, 0.3) is 0 Å². The molecule has 1 aliphatic heterocycles. The topological polar surface area (TPSA) is 156 Å². The van der Waals surface area contributed by atoms with Crippen LogP contribution in [0.2, 0.25) is 0 Å². The molecule has 1 aliphatic rings. The standard InChI is InChI=1S/C29H36N5O7P/c1-20(27(35)38-17-22-9-5-3-6-10-22)32-42(33-21(2)28(36)39-18-23-11-7-4-8-12-23)40-19-24-13-14-26(41-24)34-16-15-25(30)31-29(34)37/h3-12,15-16,20-21,24,26,32-33H,13-14,17-19H2,1-2H3,(H2,30,31,37)/t20-,21?,24?,26?,42?/m0/s1. The van der Waals surface area contributed by atoms with Gasteiger partial charge in [-0.1, -0.05) is 60.7 Å². The number of esters is 2. The van der Waals surface area contributed by atoms with Crippen LogP contribution in [-0.2, 0) is 41.5 Å². The van der Waals surface area contributed by atoms with E-state index >= 15 is 0 Å². The van der Waals surface area contributed by atoms with Crippen molar-refractivity contribution in [3.05, 3.63) is 94.5 Å². The van der Waals surface area contributed by atoms with Crippen LogP contribution in [0, 0.1) is 0 Å². The molecular formula is C29H36N5O7P. The Morgan fingerprint density at radius 2 is 1.50 bits per heavy atom. The highest BCUT2D eigenvalue weighted by atomic mass is 31.2. The zero-order valence-corrected chi connectivity index (χ0v) is 24.4. The van der Waals surface area contributed by atoms with Crippen molar-refractivity contribution in [1.29, 1.82) is 0 Å². The van der Waals surface area contributed by atoms with Gasteiger partial charge in [-0.2, -0.15) is 4.98 Å². The maximum atomic E-state index is 12.7. The number of nitrogens with two attached hydrogens (primary N) is 1. The minimum absolute atomic E-state index is 0.136. The highest BCUT2D eigenvalue weighted by molar-refractivity contribution is 7.48. The molecule has 4 unspecified atom stereocenters. The van der Waals surface area contributed by atoms with E-state index in [0.29, 0.717) is 12.8 Å². The first-order valence-corrected chi connectivity index (χ1v) is 14.9. The Kier molecular flexibility index (Phi) is 11.6. The van der Waals surface area contributed by atoms with E-state index in [9.17, 15) is 14.4 Å². The molecule has 5 atom stereocenters. The second-order valence-electron chi connectivity index (χ2n) is 9.81. The highest BCUT2D eigenvalue weighted by Crippen LogP contribution is 2.33. The summed E-state index contributed by atoms with van der Waals surface area (Å²) >= 11 is 0. The summed E-state index contributed by atoms with van der Waals surface area (Å²) in [5, 5.41) is 6.22. The molecule has 1 aromatic heterocycles. The Morgan fingerprint density at radius 1 is 0.952 bits per heavy atom. The van der Waals surface area contributed by atoms with E-state index in [-0.39, 0.29) is 31.7 Å². The van der Waals surface area contributed by atoms with Crippen LogP contribution in [0.15, 0.2) is 77.7 Å². The zero-order valence-electron chi connectivity index (χ0n) is 23.5. The molecule has 2 heterocycles. The summed E-state index contributed by atoms with van der Waals surface area (Å²) in [5.41, 5.74) is 6.84. The Labute approximate surface area is 245 Å². The molecule has 12 nitrogen and oxygen atoms in total. The number of hydrogen-bond donors (Lipinski definition) is 3. The Hall–Kier alpha value is -3.67. The summed E-state index contributed by atoms with van der Waals surface area (Å²) < 4.78 is 24.4. The maximum Gasteiger partial charge on any atom is 0.351 e. The van der Waals surface area contributed by atoms with E-state index in [0.717, 1.165) is 11.1 Å². The van der Waals surface area contributed by atoms with Crippen LogP contribution in [0.1, 0.15) is 44.0 Å². The smallest absolute Gasteiger partial charge is 0.351 e. The summed E-state index contributed by atoms with van der Waals surface area (Å²) in [6, 6.07) is 18.8. The van der Waals surface area contributed by atoms with Gasteiger partial charge in [0.25, 0.3) is 0 Å². The quantitative estimate of drug-likeness (QED) is 0.185. The Bertz CT molecular complexity index is 1300. The second kappa shape index (κ2) is 15.5. The van der Waals surface area contributed by atoms with Crippen LogP contribution >= 0.6 is 8.45 Å². The van der Waals surface area contributed by atoms with E-state index in [4.69, 9.17) is 24.5 Å². The third kappa shape index (κ3) is 9.43. The van der Waals surface area contributed by atoms with Gasteiger partial charge in [0.05, 0.1) is 12.7 Å². The van der Waals surface area contributed by atoms with Gasteiger partial charge in [0.1, 0.15) is 37.3 Å². The fourth-order valence-electron chi connectivity index (χ4n) is 4.09. The molecule has 0 saturated carbocycles. The van der Waals surface area contributed by atoms with Crippen molar-refractivity contribution in [1.82, 2.24) is 19.7 Å². The zero-order chi connectivity index (χ0) is 29.9. The summed E-state index contributed by atoms with van der Waals surface area (Å²) in [6.45, 7) is 3.74. The van der Waals surface area contributed by atoms with Gasteiger partial charge in [0.2, 0.25) is 0 Å². The van der Waals surface area contributed by atoms with Crippen LogP contribution in [0.3, 0.4) is 0 Å². The van der Waals surface area contributed by atoms with Gasteiger partial charge in [0, 0.05) is 6.20 Å². The molecule has 1 fully saturated rings. The lowest BCUT2D eigenvalue weighted by molar-refractivity contribution is -0.147. The van der Waals surface area contributed by atoms with Crippen LogP contribution in [-0.4, -0.2) is 46.3 Å². The van der Waals surface area contributed by atoms with Gasteiger partial charge in [-0.3, -0.25) is 14.2 Å². The normalized spacial score (nSPS) is 18.6. The number of nitrogen functional groups attached to an aromatic ring is 1. The second-order valence-corrected chi connectivity index (χ2v) is 11.2. The number of hydrogen-bond acceptors (Lipinski definition) is 11. The third-order valence-corrected chi connectivity index (χ3v) is 8.06. The minimum atomic E-state index is -1.71. The van der Waals surface area contributed by atoms with E-state index < -0.39 is 44.4 Å². The van der Waals surface area contributed by atoms with E-state index in [1.165, 1.54) is 10.6 Å². The van der Waals surface area contributed by atoms with E-state index in [2.05, 4.69) is 15.2 Å². The number of nitrogens with zero attached hydrogens (tertiary/aromatic N) is 2. The average molecular weight is 598 g/mol. The largest absolute Gasteiger partial charge is 0.460 e. The first-order chi connectivity index (χ1) is 20.3. The van der Waals surface area contributed by atoms with Crippen LogP contribution < -0.4 is 21.6 Å². The molecule has 1 saturated heterocycles. The average Bonchev–Trinajstić information content (AvgIpc) is 3.47. The predicted octanol–water partition coefficient (Wildman–Crippen LogP) is 3.19. The van der Waals surface area contributed by atoms with E-state index in [1.54, 1.807) is 20.0 Å². The molecular weight excluding hydrogens is 561 g/mol. The molecule has 2 aromatic carbocycles. The first-order valence-electron chi connectivity index (χ1n) is 13.6. The number of nitrogens with one attached hydrogen (secondary N) is 2. The van der Waals surface area contributed by atoms with Crippen molar-refractivity contribution >= 4 is 26.2 Å². The van der Waals surface area contributed by atoms with Crippen molar-refractivity contribution in [2.75, 3.05) is 12.3 Å². The monoisotopic (exact) mass is 597 g/mol. The molecule has 42 heavy (non-hydrogen) atoms. The van der Waals surface area contributed by atoms with E-state index in [1.807, 2.05) is 60.7 Å². The summed E-state index contributed by atoms with van der Waals surface area (Å²) in [5.74, 6) is -0.795. The fourth-order valence-corrected chi connectivity index (χ4v) is 5.55. The lowest BCUT2D eigenvalue weighted by atomic mass is 10.2. The number of anilines is 1. The first kappa shape index (κ1) is 31.3. The van der Waals surface area contributed by atoms with Crippen LogP contribution in [0.5, 0.6) is 0 Å². The maximum absolute atomic E-state index is 12.7. The third-order valence-electron chi connectivity index (χ3n) is 6.41. The molecule has 224 valence electrons. The van der Waals surface area contributed by atoms with Crippen molar-refractivity contribution in [2.45, 2.75) is 64.3 Å². The molecule has 13 heteroatoms. The summed E-state index contributed by atoms with van der Waals surface area (Å²) in [6.07, 6.45) is 1.95. The highest BCUT2D eigenvalue weighted by Gasteiger charge is 2.30. The molecule has 3 aromatic rings. The lowest BCUT2D eigenvalue weighted by Crippen LogP contribution is -2.40. The van der Waals surface area contributed by atoms with Gasteiger partial charge in [-0.05, 0) is 43.9 Å². The number of carbonyl (C=O) groups is 2. The minimum Gasteiger partial charge on any atom is -0.460 e. The van der Waals surface area contributed by atoms with Gasteiger partial charge in [-0.15, -0.1) is 0 Å². The number of aromatic nitrogens is 2. The Balaban J connectivity index is 1.33. The number of rotatable bonds is 14. The summed E-state index contributed by atoms with van der Waals surface area (Å²) in [4.78, 5) is 41.4. The molecule has 0 bridgehead atoms. The number of carbonyl (C=O) groups excluding carboxylic acids is 2. The van der Waals surface area contributed by atoms with Gasteiger partial charge in [0.15, 0.2) is 8.45 Å². The summed E-state index contributed by atoms with van der Waals surface area (Å²) in [7, 11) is -1.71. The molecule has 0 spiro atoms. The number of benzene rings is 2.